The van der Waals surface area contributed by atoms with Gasteiger partial charge in [0.05, 0.1) is 4.90 Å². The Hall–Kier alpha value is -2.53. The van der Waals surface area contributed by atoms with Gasteiger partial charge in [0, 0.05) is 18.2 Å². The average Bonchev–Trinajstić information content (AvgIpc) is 2.73. The van der Waals surface area contributed by atoms with Gasteiger partial charge in [-0.2, -0.15) is 0 Å². The fourth-order valence-electron chi connectivity index (χ4n) is 2.96. The number of ketones is 2. The van der Waals surface area contributed by atoms with Gasteiger partial charge in [-0.05, 0) is 55.0 Å². The Morgan fingerprint density at radius 3 is 1.77 bits per heavy atom. The number of rotatable bonds is 8. The van der Waals surface area contributed by atoms with Crippen LogP contribution in [-0.2, 0) is 19.4 Å². The van der Waals surface area contributed by atoms with Crippen LogP contribution < -0.4 is 0 Å². The Morgan fingerprint density at radius 2 is 1.39 bits per heavy atom. The first kappa shape index (κ1) is 26.5. The largest absolute Gasteiger partial charge is 0.300 e. The number of sulfone groups is 1. The third kappa shape index (κ3) is 8.62. The molecule has 0 saturated carbocycles. The summed E-state index contributed by atoms with van der Waals surface area (Å²) in [5.74, 6) is 0.680. The minimum Gasteiger partial charge on any atom is -0.300 e. The Balaban J connectivity index is 0.000000861. The first-order valence-corrected chi connectivity index (χ1v) is 12.5. The molecule has 0 bridgehead atoms. The molecule has 2 rings (SSSR count). The van der Waals surface area contributed by atoms with E-state index in [-0.39, 0.29) is 16.5 Å². The zero-order valence-electron chi connectivity index (χ0n) is 19.4. The summed E-state index contributed by atoms with van der Waals surface area (Å²) in [4.78, 5) is 22.6. The molecule has 168 valence electrons. The Kier molecular flexibility index (Phi) is 10.6. The second-order valence-corrected chi connectivity index (χ2v) is 9.86. The molecular weight excluding hydrogens is 408 g/mol. The van der Waals surface area contributed by atoms with Crippen molar-refractivity contribution in [1.29, 1.82) is 0 Å². The van der Waals surface area contributed by atoms with Gasteiger partial charge in [0.15, 0.2) is 15.6 Å². The third-order valence-electron chi connectivity index (χ3n) is 5.09. The maximum atomic E-state index is 12.5. The molecule has 2 aromatic rings. The van der Waals surface area contributed by atoms with Gasteiger partial charge in [-0.25, -0.2) is 8.42 Å². The van der Waals surface area contributed by atoms with E-state index in [1.807, 2.05) is 37.3 Å². The molecule has 0 radical (unpaired) electrons. The lowest BCUT2D eigenvalue weighted by molar-refractivity contribution is -0.116. The van der Waals surface area contributed by atoms with Crippen molar-refractivity contribution in [2.24, 2.45) is 5.92 Å². The molecule has 0 aromatic heterocycles. The maximum absolute atomic E-state index is 12.5. The molecule has 0 N–H and O–H groups in total. The van der Waals surface area contributed by atoms with Crippen molar-refractivity contribution in [3.05, 3.63) is 65.7 Å². The van der Waals surface area contributed by atoms with Crippen LogP contribution in [-0.4, -0.2) is 26.2 Å². The van der Waals surface area contributed by atoms with Gasteiger partial charge in [-0.15, -0.1) is 0 Å². The molecule has 0 aliphatic heterocycles. The minimum atomic E-state index is -3.26. The first-order chi connectivity index (χ1) is 14.5. The molecule has 0 fully saturated rings. The van der Waals surface area contributed by atoms with Gasteiger partial charge in [-0.3, -0.25) is 4.79 Å². The van der Waals surface area contributed by atoms with Crippen LogP contribution in [0.2, 0.25) is 0 Å². The number of hydrogen-bond donors (Lipinski definition) is 0. The lowest BCUT2D eigenvalue weighted by Crippen LogP contribution is -2.05. The molecular formula is C26H34O4S. The molecule has 31 heavy (non-hydrogen) atoms. The summed E-state index contributed by atoms with van der Waals surface area (Å²) in [5.41, 5.74) is 3.47. The van der Waals surface area contributed by atoms with E-state index in [0.717, 1.165) is 29.5 Å². The predicted molar refractivity (Wildman–Crippen MR) is 129 cm³/mol. The molecule has 0 heterocycles. The van der Waals surface area contributed by atoms with Crippen molar-refractivity contribution in [2.75, 3.05) is 6.26 Å². The number of allylic oxidation sites excluding steroid dienone is 2. The van der Waals surface area contributed by atoms with E-state index in [9.17, 15) is 18.0 Å². The van der Waals surface area contributed by atoms with Crippen molar-refractivity contribution in [3.8, 4) is 0 Å². The van der Waals surface area contributed by atoms with Crippen molar-refractivity contribution in [3.63, 3.8) is 0 Å². The second kappa shape index (κ2) is 12.4. The van der Waals surface area contributed by atoms with Gasteiger partial charge in [-0.1, -0.05) is 69.7 Å². The van der Waals surface area contributed by atoms with Crippen LogP contribution in [0, 0.1) is 5.92 Å². The topological polar surface area (TPSA) is 68.3 Å². The first-order valence-electron chi connectivity index (χ1n) is 10.6. The summed E-state index contributed by atoms with van der Waals surface area (Å²) in [6.45, 7) is 9.32. The van der Waals surface area contributed by atoms with E-state index < -0.39 is 9.84 Å². The SMILES string of the molecule is CCC(C)=O.CCC(C)C/C(=C(\C(C)=O)c1ccc(S(C)(=O)=O)cc1)c1ccccc1. The predicted octanol–water partition coefficient (Wildman–Crippen LogP) is 6.01. The van der Waals surface area contributed by atoms with Crippen LogP contribution in [0.25, 0.3) is 11.1 Å². The fourth-order valence-corrected chi connectivity index (χ4v) is 3.59. The van der Waals surface area contributed by atoms with Crippen LogP contribution in [0.1, 0.15) is 65.0 Å². The van der Waals surface area contributed by atoms with E-state index in [1.165, 1.54) is 6.26 Å². The molecule has 0 amide bonds. The maximum Gasteiger partial charge on any atom is 0.175 e. The number of benzene rings is 2. The molecule has 5 heteroatoms. The number of carbonyl (C=O) groups is 2. The number of carbonyl (C=O) groups excluding carboxylic acids is 2. The van der Waals surface area contributed by atoms with Crippen LogP contribution >= 0.6 is 0 Å². The minimum absolute atomic E-state index is 0.0146. The highest BCUT2D eigenvalue weighted by Gasteiger charge is 2.18. The lowest BCUT2D eigenvalue weighted by atomic mass is 9.86. The molecule has 2 aromatic carbocycles. The summed E-state index contributed by atoms with van der Waals surface area (Å²) >= 11 is 0. The normalized spacial score (nSPS) is 12.8. The third-order valence-corrected chi connectivity index (χ3v) is 6.22. The van der Waals surface area contributed by atoms with Gasteiger partial charge < -0.3 is 4.79 Å². The highest BCUT2D eigenvalue weighted by atomic mass is 32.2. The van der Waals surface area contributed by atoms with Crippen LogP contribution in [0.5, 0.6) is 0 Å². The van der Waals surface area contributed by atoms with E-state index in [2.05, 4.69) is 13.8 Å². The Labute approximate surface area is 187 Å². The molecule has 0 aliphatic rings. The van der Waals surface area contributed by atoms with E-state index in [1.54, 1.807) is 38.1 Å². The van der Waals surface area contributed by atoms with Gasteiger partial charge in [0.2, 0.25) is 0 Å². The van der Waals surface area contributed by atoms with Crippen LogP contribution in [0.4, 0.5) is 0 Å². The smallest absolute Gasteiger partial charge is 0.175 e. The summed E-state index contributed by atoms with van der Waals surface area (Å²) < 4.78 is 23.4. The van der Waals surface area contributed by atoms with E-state index in [4.69, 9.17) is 0 Å². The highest BCUT2D eigenvalue weighted by Crippen LogP contribution is 2.33. The highest BCUT2D eigenvalue weighted by molar-refractivity contribution is 7.90. The van der Waals surface area contributed by atoms with E-state index in [0.29, 0.717) is 17.9 Å². The quantitative estimate of drug-likeness (QED) is 0.371. The van der Waals surface area contributed by atoms with Gasteiger partial charge in [0.1, 0.15) is 5.78 Å². The molecule has 0 saturated heterocycles. The van der Waals surface area contributed by atoms with Crippen molar-refractivity contribution >= 4 is 32.5 Å². The summed E-state index contributed by atoms with van der Waals surface area (Å²) in [6, 6.07) is 16.5. The van der Waals surface area contributed by atoms with Crippen molar-refractivity contribution in [1.82, 2.24) is 0 Å². The zero-order chi connectivity index (χ0) is 23.6. The molecule has 1 unspecified atom stereocenters. The Morgan fingerprint density at radius 1 is 0.871 bits per heavy atom. The molecule has 0 aliphatic carbocycles. The number of hydrogen-bond acceptors (Lipinski definition) is 4. The summed E-state index contributed by atoms with van der Waals surface area (Å²) in [5, 5.41) is 0. The monoisotopic (exact) mass is 442 g/mol. The van der Waals surface area contributed by atoms with Crippen LogP contribution in [0.3, 0.4) is 0 Å². The standard InChI is InChI=1S/C22H26O3S.C4H8O/c1-5-16(2)15-21(18-9-7-6-8-10-18)22(17(3)23)19-11-13-20(14-12-19)26(4,24)25;1-3-4(2)5/h6-14,16H,5,15H2,1-4H3;3H2,1-2H3/b22-21-;. The number of Topliss-reactive ketones (excluding diaryl/α,β-unsaturated/α-hetero) is 2. The summed E-state index contributed by atoms with van der Waals surface area (Å²) in [6.07, 6.45) is 3.67. The summed E-state index contributed by atoms with van der Waals surface area (Å²) in [7, 11) is -3.26. The van der Waals surface area contributed by atoms with Crippen LogP contribution in [0.15, 0.2) is 59.5 Å². The average molecular weight is 443 g/mol. The molecule has 1 atom stereocenters. The Bertz CT molecular complexity index is 1000. The fraction of sp³-hybridized carbons (Fsp3) is 0.385. The molecule has 0 spiro atoms. The lowest BCUT2D eigenvalue weighted by Gasteiger charge is -2.18. The van der Waals surface area contributed by atoms with E-state index >= 15 is 0 Å². The second-order valence-electron chi connectivity index (χ2n) is 7.85. The van der Waals surface area contributed by atoms with Gasteiger partial charge >= 0.3 is 0 Å². The van der Waals surface area contributed by atoms with Crippen molar-refractivity contribution in [2.45, 2.75) is 58.8 Å². The zero-order valence-corrected chi connectivity index (χ0v) is 20.3. The van der Waals surface area contributed by atoms with Gasteiger partial charge in [0.25, 0.3) is 0 Å². The van der Waals surface area contributed by atoms with Crippen molar-refractivity contribution < 1.29 is 18.0 Å². The molecule has 4 nitrogen and oxygen atoms in total.